The maximum absolute atomic E-state index is 4.19. The van der Waals surface area contributed by atoms with E-state index in [2.05, 4.69) is 58.4 Å². The van der Waals surface area contributed by atoms with Crippen molar-refractivity contribution in [2.45, 2.75) is 4.90 Å². The van der Waals surface area contributed by atoms with Crippen LogP contribution >= 0.6 is 24.6 Å². The molecule has 2 aromatic rings. The molecule has 3 N–H and O–H groups in total. The minimum absolute atomic E-state index is 0.924. The third-order valence-electron chi connectivity index (χ3n) is 1.86. The fraction of sp³-hybridized carbons (Fsp3) is 0.100. The number of thiol groups is 1. The maximum Gasteiger partial charge on any atom is 0.137 e. The van der Waals surface area contributed by atoms with Gasteiger partial charge < -0.3 is 4.98 Å². The normalized spacial score (nSPS) is 9.27. The summed E-state index contributed by atoms with van der Waals surface area (Å²) in [5, 5.41) is 4.19. The Morgan fingerprint density at radius 3 is 2.40 bits per heavy atom. The molecule has 80 valence electrons. The number of hydrogen-bond donors (Lipinski definition) is 3. The average molecular weight is 239 g/mol. The lowest BCUT2D eigenvalue weighted by Gasteiger charge is -1.98. The summed E-state index contributed by atoms with van der Waals surface area (Å²) in [6.07, 6.45) is 5.66. The smallest absolute Gasteiger partial charge is 0.137 e. The minimum Gasteiger partial charge on any atom is -0.345 e. The first-order valence-corrected chi connectivity index (χ1v) is 6.04. The molecule has 0 aliphatic carbocycles. The Kier molecular flexibility index (Phi) is 5.31. The molecule has 0 amide bonds. The van der Waals surface area contributed by atoms with Gasteiger partial charge in [-0.2, -0.15) is 0 Å². The molecule has 3 nitrogen and oxygen atoms in total. The van der Waals surface area contributed by atoms with Gasteiger partial charge in [0.25, 0.3) is 0 Å². The number of thioether (sulfide) groups is 1. The van der Waals surface area contributed by atoms with Gasteiger partial charge >= 0.3 is 0 Å². The third-order valence-corrected chi connectivity index (χ3v) is 2.61. The fourth-order valence-corrected chi connectivity index (χ4v) is 1.58. The lowest BCUT2D eigenvalue weighted by atomic mass is 10.2. The number of nitrogens with two attached hydrogens (primary N) is 1. The van der Waals surface area contributed by atoms with E-state index in [9.17, 15) is 0 Å². The standard InChI is InChI=1S/C10H10N2S.H3NS/c1-13-9-4-2-8(3-5-9)10-11-6-7-12-10;1-2/h2-7H,1H3,(H,11,12);2H,1H2. The highest BCUT2D eigenvalue weighted by Crippen LogP contribution is 2.19. The molecule has 15 heavy (non-hydrogen) atoms. The summed E-state index contributed by atoms with van der Waals surface area (Å²) in [6.45, 7) is 0. The predicted molar refractivity (Wildman–Crippen MR) is 69.0 cm³/mol. The van der Waals surface area contributed by atoms with Gasteiger partial charge in [-0.05, 0) is 18.4 Å². The molecule has 0 radical (unpaired) electrons. The van der Waals surface area contributed by atoms with Crippen molar-refractivity contribution in [2.24, 2.45) is 5.14 Å². The van der Waals surface area contributed by atoms with E-state index in [1.807, 2.05) is 6.20 Å². The van der Waals surface area contributed by atoms with Crippen LogP contribution in [-0.4, -0.2) is 16.2 Å². The molecule has 0 fully saturated rings. The first kappa shape index (κ1) is 12.2. The molecular weight excluding hydrogens is 226 g/mol. The Hall–Kier alpha value is -0.910. The van der Waals surface area contributed by atoms with E-state index in [0.29, 0.717) is 0 Å². The van der Waals surface area contributed by atoms with Crippen LogP contribution in [0.3, 0.4) is 0 Å². The summed E-state index contributed by atoms with van der Waals surface area (Å²) in [6, 6.07) is 8.35. The number of nitrogens with zero attached hydrogens (tertiary/aromatic N) is 1. The summed E-state index contributed by atoms with van der Waals surface area (Å²) in [5.74, 6) is 0.924. The highest BCUT2D eigenvalue weighted by Gasteiger charge is 1.98. The molecule has 0 saturated carbocycles. The number of hydrogen-bond acceptors (Lipinski definition) is 4. The maximum atomic E-state index is 4.19. The van der Waals surface area contributed by atoms with Crippen LogP contribution < -0.4 is 5.14 Å². The van der Waals surface area contributed by atoms with E-state index in [1.165, 1.54) is 4.90 Å². The second kappa shape index (κ2) is 6.55. The molecule has 0 atom stereocenters. The number of imidazole rings is 1. The van der Waals surface area contributed by atoms with Gasteiger partial charge in [0.2, 0.25) is 0 Å². The van der Waals surface area contributed by atoms with Crippen LogP contribution in [0.1, 0.15) is 0 Å². The zero-order chi connectivity index (χ0) is 11.1. The van der Waals surface area contributed by atoms with Crippen molar-refractivity contribution in [2.75, 3.05) is 6.26 Å². The van der Waals surface area contributed by atoms with Crippen molar-refractivity contribution in [3.05, 3.63) is 36.7 Å². The molecule has 1 aromatic carbocycles. The minimum atomic E-state index is 0.924. The number of aromatic amines is 1. The fourth-order valence-electron chi connectivity index (χ4n) is 1.17. The summed E-state index contributed by atoms with van der Waals surface area (Å²) >= 11 is 4.77. The molecule has 1 heterocycles. The van der Waals surface area contributed by atoms with Gasteiger partial charge in [0, 0.05) is 22.9 Å². The summed E-state index contributed by atoms with van der Waals surface area (Å²) < 4.78 is 0. The first-order valence-electron chi connectivity index (χ1n) is 4.30. The zero-order valence-corrected chi connectivity index (χ0v) is 10.1. The van der Waals surface area contributed by atoms with Crippen molar-refractivity contribution in [3.63, 3.8) is 0 Å². The van der Waals surface area contributed by atoms with E-state index < -0.39 is 0 Å². The van der Waals surface area contributed by atoms with Gasteiger partial charge in [-0.3, -0.25) is 5.14 Å². The average Bonchev–Trinajstić information content (AvgIpc) is 2.85. The van der Waals surface area contributed by atoms with Crippen molar-refractivity contribution in [3.8, 4) is 11.4 Å². The summed E-state index contributed by atoms with van der Waals surface area (Å²) in [4.78, 5) is 8.53. The molecule has 0 aliphatic heterocycles. The van der Waals surface area contributed by atoms with E-state index >= 15 is 0 Å². The van der Waals surface area contributed by atoms with Crippen molar-refractivity contribution < 1.29 is 0 Å². The Morgan fingerprint density at radius 2 is 1.93 bits per heavy atom. The first-order chi connectivity index (χ1) is 7.40. The van der Waals surface area contributed by atoms with E-state index in [1.54, 1.807) is 18.0 Å². The van der Waals surface area contributed by atoms with Crippen molar-refractivity contribution in [1.82, 2.24) is 9.97 Å². The lowest BCUT2D eigenvalue weighted by Crippen LogP contribution is -1.79. The molecule has 0 saturated heterocycles. The van der Waals surface area contributed by atoms with Gasteiger partial charge in [0.1, 0.15) is 5.82 Å². The predicted octanol–water partition coefficient (Wildman–Crippen LogP) is 2.59. The number of aromatic nitrogens is 2. The van der Waals surface area contributed by atoms with Crippen LogP contribution in [0.25, 0.3) is 11.4 Å². The van der Waals surface area contributed by atoms with Crippen LogP contribution in [-0.2, 0) is 0 Å². The molecular formula is C10H13N3S2. The van der Waals surface area contributed by atoms with Gasteiger partial charge in [-0.25, -0.2) is 4.98 Å². The van der Waals surface area contributed by atoms with Crippen LogP contribution in [0, 0.1) is 0 Å². The van der Waals surface area contributed by atoms with Crippen LogP contribution in [0.15, 0.2) is 41.6 Å². The molecule has 1 aromatic heterocycles. The van der Waals surface area contributed by atoms with Gasteiger partial charge in [-0.15, -0.1) is 24.6 Å². The number of nitrogens with one attached hydrogen (secondary N) is 1. The zero-order valence-electron chi connectivity index (χ0n) is 8.34. The van der Waals surface area contributed by atoms with Gasteiger partial charge in [0.05, 0.1) is 0 Å². The van der Waals surface area contributed by atoms with Crippen LogP contribution in [0.4, 0.5) is 0 Å². The van der Waals surface area contributed by atoms with E-state index in [0.717, 1.165) is 11.4 Å². The highest BCUT2D eigenvalue weighted by atomic mass is 32.2. The Morgan fingerprint density at radius 1 is 1.27 bits per heavy atom. The van der Waals surface area contributed by atoms with Gasteiger partial charge in [-0.1, -0.05) is 12.1 Å². The molecule has 5 heteroatoms. The summed E-state index contributed by atoms with van der Waals surface area (Å²) in [5.41, 5.74) is 1.13. The second-order valence-corrected chi connectivity index (χ2v) is 3.55. The largest absolute Gasteiger partial charge is 0.345 e. The number of H-pyrrole nitrogens is 1. The quantitative estimate of drug-likeness (QED) is 0.558. The van der Waals surface area contributed by atoms with Crippen molar-refractivity contribution in [1.29, 1.82) is 0 Å². The van der Waals surface area contributed by atoms with E-state index in [4.69, 9.17) is 0 Å². The van der Waals surface area contributed by atoms with E-state index in [-0.39, 0.29) is 0 Å². The SMILES string of the molecule is CSc1ccc(-c2ncc[nH]2)cc1.NS. The van der Waals surface area contributed by atoms with Crippen LogP contribution in [0.5, 0.6) is 0 Å². The number of benzene rings is 1. The molecule has 0 bridgehead atoms. The second-order valence-electron chi connectivity index (χ2n) is 2.67. The number of rotatable bonds is 2. The molecule has 2 rings (SSSR count). The van der Waals surface area contributed by atoms with Gasteiger partial charge in [0.15, 0.2) is 0 Å². The molecule has 0 unspecified atom stereocenters. The Labute approximate surface area is 99.0 Å². The lowest BCUT2D eigenvalue weighted by molar-refractivity contribution is 1.30. The van der Waals surface area contributed by atoms with Crippen molar-refractivity contribution >= 4 is 24.6 Å². The Bertz CT molecular complexity index is 370. The highest BCUT2D eigenvalue weighted by molar-refractivity contribution is 7.98. The topological polar surface area (TPSA) is 54.7 Å². The third kappa shape index (κ3) is 3.30. The summed E-state index contributed by atoms with van der Waals surface area (Å²) in [7, 11) is 0. The monoisotopic (exact) mass is 239 g/mol. The molecule has 0 aliphatic rings. The van der Waals surface area contributed by atoms with Crippen LogP contribution in [0.2, 0.25) is 0 Å². The molecule has 0 spiro atoms. The Balaban J connectivity index is 0.000000531.